The van der Waals surface area contributed by atoms with Crippen LogP contribution in [0.25, 0.3) is 0 Å². The van der Waals surface area contributed by atoms with E-state index in [2.05, 4.69) is 5.32 Å². The van der Waals surface area contributed by atoms with Crippen molar-refractivity contribution in [1.29, 1.82) is 0 Å². The molecule has 0 aliphatic carbocycles. The fourth-order valence-electron chi connectivity index (χ4n) is 2.80. The summed E-state index contributed by atoms with van der Waals surface area (Å²) in [7, 11) is 0. The molecule has 1 N–H and O–H groups in total. The minimum Gasteiger partial charge on any atom is -0.490 e. The Hall–Kier alpha value is -2.43. The third-order valence-corrected chi connectivity index (χ3v) is 5.06. The van der Waals surface area contributed by atoms with E-state index in [-0.39, 0.29) is 12.4 Å². The van der Waals surface area contributed by atoms with Crippen molar-refractivity contribution in [1.82, 2.24) is 0 Å². The van der Waals surface area contributed by atoms with E-state index in [0.717, 1.165) is 16.8 Å². The van der Waals surface area contributed by atoms with Crippen LogP contribution in [0.15, 0.2) is 54.6 Å². The predicted molar refractivity (Wildman–Crippen MR) is 117 cm³/mol. The fourth-order valence-corrected chi connectivity index (χ4v) is 3.27. The zero-order chi connectivity index (χ0) is 20.8. The Morgan fingerprint density at radius 2 is 1.76 bits per heavy atom. The van der Waals surface area contributed by atoms with Gasteiger partial charge in [-0.1, -0.05) is 47.5 Å². The highest BCUT2D eigenvalue weighted by Crippen LogP contribution is 2.37. The summed E-state index contributed by atoms with van der Waals surface area (Å²) >= 11 is 12.6. The summed E-state index contributed by atoms with van der Waals surface area (Å²) in [5, 5.41) is 4.44. The third kappa shape index (κ3) is 5.55. The normalized spacial score (nSPS) is 10.7. The average Bonchev–Trinajstić information content (AvgIpc) is 2.70. The number of halogens is 3. The van der Waals surface area contributed by atoms with Gasteiger partial charge in [0.2, 0.25) is 0 Å². The van der Waals surface area contributed by atoms with Gasteiger partial charge < -0.3 is 14.8 Å². The standard InChI is InChI=1S/C23H22Cl2FNO2/c1-3-28-22-11-16(13-27-18-9-8-15(2)19(24)12-18)10-20(25)23(22)29-14-17-6-4-5-7-21(17)26/h4-12,27H,3,13-14H2,1-2H3. The smallest absolute Gasteiger partial charge is 0.180 e. The van der Waals surface area contributed by atoms with Crippen molar-refractivity contribution >= 4 is 28.9 Å². The molecular weight excluding hydrogens is 412 g/mol. The lowest BCUT2D eigenvalue weighted by atomic mass is 10.1. The molecule has 3 aromatic carbocycles. The second-order valence-corrected chi connectivity index (χ2v) is 7.35. The Kier molecular flexibility index (Phi) is 7.24. The first kappa shape index (κ1) is 21.3. The lowest BCUT2D eigenvalue weighted by Gasteiger charge is -2.16. The van der Waals surface area contributed by atoms with Gasteiger partial charge in [-0.15, -0.1) is 0 Å². The maximum Gasteiger partial charge on any atom is 0.180 e. The molecule has 0 atom stereocenters. The minimum absolute atomic E-state index is 0.0614. The van der Waals surface area contributed by atoms with Crippen molar-refractivity contribution in [3.05, 3.63) is 87.2 Å². The number of aryl methyl sites for hydroxylation is 1. The molecule has 0 heterocycles. The molecule has 0 saturated carbocycles. The molecule has 0 radical (unpaired) electrons. The van der Waals surface area contributed by atoms with Crippen LogP contribution >= 0.6 is 23.2 Å². The van der Waals surface area contributed by atoms with E-state index in [9.17, 15) is 4.39 Å². The highest BCUT2D eigenvalue weighted by molar-refractivity contribution is 6.32. The molecule has 0 bridgehead atoms. The molecule has 6 heteroatoms. The van der Waals surface area contributed by atoms with Gasteiger partial charge in [0.25, 0.3) is 0 Å². The molecule has 3 aromatic rings. The van der Waals surface area contributed by atoms with Gasteiger partial charge in [-0.2, -0.15) is 0 Å². The van der Waals surface area contributed by atoms with Gasteiger partial charge in [-0.05, 0) is 55.3 Å². The molecular formula is C23H22Cl2FNO2. The number of anilines is 1. The summed E-state index contributed by atoms with van der Waals surface area (Å²) in [5.41, 5.74) is 3.31. The van der Waals surface area contributed by atoms with Gasteiger partial charge in [0.1, 0.15) is 12.4 Å². The summed E-state index contributed by atoms with van der Waals surface area (Å²) in [4.78, 5) is 0. The van der Waals surface area contributed by atoms with Gasteiger partial charge >= 0.3 is 0 Å². The van der Waals surface area contributed by atoms with Crippen LogP contribution in [0, 0.1) is 12.7 Å². The molecule has 3 nitrogen and oxygen atoms in total. The van der Waals surface area contributed by atoms with Crippen LogP contribution in [0.5, 0.6) is 11.5 Å². The summed E-state index contributed by atoms with van der Waals surface area (Å²) in [5.74, 6) is 0.605. The molecule has 0 spiro atoms. The molecule has 0 unspecified atom stereocenters. The van der Waals surface area contributed by atoms with E-state index in [0.29, 0.717) is 40.3 Å². The van der Waals surface area contributed by atoms with E-state index in [4.69, 9.17) is 32.7 Å². The van der Waals surface area contributed by atoms with Crippen LogP contribution in [0.4, 0.5) is 10.1 Å². The average molecular weight is 434 g/mol. The molecule has 3 rings (SSSR count). The van der Waals surface area contributed by atoms with Crippen LogP contribution < -0.4 is 14.8 Å². The van der Waals surface area contributed by atoms with E-state index in [1.165, 1.54) is 6.07 Å². The Morgan fingerprint density at radius 1 is 0.966 bits per heavy atom. The first-order valence-corrected chi connectivity index (χ1v) is 10.0. The van der Waals surface area contributed by atoms with Crippen LogP contribution in [-0.2, 0) is 13.2 Å². The van der Waals surface area contributed by atoms with Gasteiger partial charge in [0.05, 0.1) is 11.6 Å². The fraction of sp³-hybridized carbons (Fsp3) is 0.217. The lowest BCUT2D eigenvalue weighted by Crippen LogP contribution is -2.04. The Balaban J connectivity index is 1.76. The number of hydrogen-bond acceptors (Lipinski definition) is 3. The van der Waals surface area contributed by atoms with Gasteiger partial charge in [-0.25, -0.2) is 4.39 Å². The van der Waals surface area contributed by atoms with E-state index >= 15 is 0 Å². The Morgan fingerprint density at radius 3 is 2.48 bits per heavy atom. The summed E-state index contributed by atoms with van der Waals surface area (Å²) in [6, 6.07) is 16.0. The topological polar surface area (TPSA) is 30.5 Å². The number of rotatable bonds is 8. The Labute approximate surface area is 180 Å². The highest BCUT2D eigenvalue weighted by atomic mass is 35.5. The predicted octanol–water partition coefficient (Wildman–Crippen LogP) is 7.03. The lowest BCUT2D eigenvalue weighted by molar-refractivity contribution is 0.266. The molecule has 0 aliphatic rings. The molecule has 0 aliphatic heterocycles. The molecule has 29 heavy (non-hydrogen) atoms. The Bertz CT molecular complexity index is 995. The molecule has 0 saturated heterocycles. The summed E-state index contributed by atoms with van der Waals surface area (Å²) < 4.78 is 25.4. The van der Waals surface area contributed by atoms with Crippen molar-refractivity contribution in [3.8, 4) is 11.5 Å². The zero-order valence-electron chi connectivity index (χ0n) is 16.3. The number of nitrogens with one attached hydrogen (secondary N) is 1. The van der Waals surface area contributed by atoms with E-state index in [1.807, 2.05) is 44.2 Å². The van der Waals surface area contributed by atoms with Crippen LogP contribution in [0.1, 0.15) is 23.6 Å². The quantitative estimate of drug-likeness (QED) is 0.413. The molecule has 0 fully saturated rings. The first-order valence-electron chi connectivity index (χ1n) is 9.29. The second kappa shape index (κ2) is 9.86. The zero-order valence-corrected chi connectivity index (χ0v) is 17.8. The van der Waals surface area contributed by atoms with Gasteiger partial charge in [0.15, 0.2) is 11.5 Å². The van der Waals surface area contributed by atoms with Gasteiger partial charge in [-0.3, -0.25) is 0 Å². The van der Waals surface area contributed by atoms with E-state index in [1.54, 1.807) is 18.2 Å². The number of hydrogen-bond donors (Lipinski definition) is 1. The maximum absolute atomic E-state index is 13.9. The van der Waals surface area contributed by atoms with Crippen molar-refractivity contribution in [2.45, 2.75) is 27.0 Å². The van der Waals surface area contributed by atoms with Crippen molar-refractivity contribution in [2.24, 2.45) is 0 Å². The summed E-state index contributed by atoms with van der Waals surface area (Å²) in [6.45, 7) is 4.89. The third-order valence-electron chi connectivity index (χ3n) is 4.37. The van der Waals surface area contributed by atoms with Gasteiger partial charge in [0, 0.05) is 22.8 Å². The molecule has 152 valence electrons. The minimum atomic E-state index is -0.320. The van der Waals surface area contributed by atoms with Crippen molar-refractivity contribution in [3.63, 3.8) is 0 Å². The van der Waals surface area contributed by atoms with E-state index < -0.39 is 0 Å². The van der Waals surface area contributed by atoms with Crippen molar-refractivity contribution < 1.29 is 13.9 Å². The monoisotopic (exact) mass is 433 g/mol. The maximum atomic E-state index is 13.9. The second-order valence-electron chi connectivity index (χ2n) is 6.54. The molecule has 0 aromatic heterocycles. The highest BCUT2D eigenvalue weighted by Gasteiger charge is 2.14. The number of benzene rings is 3. The van der Waals surface area contributed by atoms with Crippen LogP contribution in [0.3, 0.4) is 0 Å². The van der Waals surface area contributed by atoms with Crippen LogP contribution in [0.2, 0.25) is 10.0 Å². The largest absolute Gasteiger partial charge is 0.490 e. The SMILES string of the molecule is CCOc1cc(CNc2ccc(C)c(Cl)c2)cc(Cl)c1OCc1ccccc1F. The molecule has 0 amide bonds. The van der Waals surface area contributed by atoms with Crippen LogP contribution in [-0.4, -0.2) is 6.61 Å². The summed E-state index contributed by atoms with van der Waals surface area (Å²) in [6.07, 6.45) is 0. The van der Waals surface area contributed by atoms with Crippen molar-refractivity contribution in [2.75, 3.05) is 11.9 Å². The first-order chi connectivity index (χ1) is 14.0. The number of ether oxygens (including phenoxy) is 2.